The molecular formula is C16H12Cl2N2O. The van der Waals surface area contributed by atoms with Gasteiger partial charge < -0.3 is 0 Å². The number of carbonyl (C=O) groups is 1. The van der Waals surface area contributed by atoms with Gasteiger partial charge in [-0.1, -0.05) is 11.6 Å². The maximum Gasteiger partial charge on any atom is 0.253 e. The molecule has 0 unspecified atom stereocenters. The zero-order valence-corrected chi connectivity index (χ0v) is 12.8. The van der Waals surface area contributed by atoms with Crippen LogP contribution >= 0.6 is 24.0 Å². The van der Waals surface area contributed by atoms with E-state index in [1.165, 1.54) is 0 Å². The quantitative estimate of drug-likeness (QED) is 0.657. The SMILES string of the molecule is Cc1ccc2nc(-c3cccnc3)cc(C(=O)Cl)c2c1.Cl. The number of benzene rings is 1. The van der Waals surface area contributed by atoms with Gasteiger partial charge in [0.05, 0.1) is 11.2 Å². The van der Waals surface area contributed by atoms with E-state index >= 15 is 0 Å². The summed E-state index contributed by atoms with van der Waals surface area (Å²) in [5.74, 6) is 0. The van der Waals surface area contributed by atoms with E-state index in [1.807, 2.05) is 37.3 Å². The third kappa shape index (κ3) is 3.04. The molecule has 3 nitrogen and oxygen atoms in total. The highest BCUT2D eigenvalue weighted by molar-refractivity contribution is 6.68. The van der Waals surface area contributed by atoms with Crippen LogP contribution in [0.3, 0.4) is 0 Å². The lowest BCUT2D eigenvalue weighted by Crippen LogP contribution is -1.96. The molecule has 0 N–H and O–H groups in total. The van der Waals surface area contributed by atoms with Crippen molar-refractivity contribution in [1.29, 1.82) is 0 Å². The fourth-order valence-corrected chi connectivity index (χ4v) is 2.32. The molecule has 0 aliphatic heterocycles. The average molecular weight is 319 g/mol. The van der Waals surface area contributed by atoms with Gasteiger partial charge in [0.2, 0.25) is 0 Å². The first-order valence-corrected chi connectivity index (χ1v) is 6.54. The summed E-state index contributed by atoms with van der Waals surface area (Å²) in [6, 6.07) is 11.2. The Balaban J connectivity index is 0.00000161. The van der Waals surface area contributed by atoms with E-state index in [-0.39, 0.29) is 12.4 Å². The van der Waals surface area contributed by atoms with Crippen molar-refractivity contribution in [1.82, 2.24) is 9.97 Å². The maximum atomic E-state index is 11.7. The molecule has 0 aliphatic rings. The predicted molar refractivity (Wildman–Crippen MR) is 87.1 cm³/mol. The molecule has 0 spiro atoms. The second-order valence-corrected chi connectivity index (χ2v) is 4.93. The summed E-state index contributed by atoms with van der Waals surface area (Å²) in [5, 5.41) is 0.297. The maximum absolute atomic E-state index is 11.7. The van der Waals surface area contributed by atoms with E-state index in [1.54, 1.807) is 18.5 Å². The molecular weight excluding hydrogens is 307 g/mol. The molecule has 21 heavy (non-hydrogen) atoms. The molecule has 0 aliphatic carbocycles. The van der Waals surface area contributed by atoms with Crippen LogP contribution < -0.4 is 0 Å². The van der Waals surface area contributed by atoms with Crippen molar-refractivity contribution in [2.45, 2.75) is 6.92 Å². The van der Waals surface area contributed by atoms with Crippen molar-refractivity contribution in [3.05, 3.63) is 59.9 Å². The Bertz CT molecular complexity index is 804. The van der Waals surface area contributed by atoms with Crippen molar-refractivity contribution in [2.75, 3.05) is 0 Å². The zero-order chi connectivity index (χ0) is 14.1. The van der Waals surface area contributed by atoms with E-state index in [0.717, 1.165) is 22.0 Å². The predicted octanol–water partition coefficient (Wildman–Crippen LogP) is 4.41. The standard InChI is InChI=1S/C16H11ClN2O.ClH/c1-10-4-5-14-12(7-10)13(16(17)20)8-15(19-14)11-3-2-6-18-9-11;/h2-9H,1H3;1H. The number of nitrogens with zero attached hydrogens (tertiary/aromatic N) is 2. The molecule has 2 heterocycles. The largest absolute Gasteiger partial charge is 0.276 e. The van der Waals surface area contributed by atoms with E-state index in [9.17, 15) is 4.79 Å². The van der Waals surface area contributed by atoms with Gasteiger partial charge in [-0.15, -0.1) is 12.4 Å². The molecule has 0 amide bonds. The normalized spacial score (nSPS) is 10.2. The number of aromatic nitrogens is 2. The highest BCUT2D eigenvalue weighted by Gasteiger charge is 2.12. The van der Waals surface area contributed by atoms with Crippen LogP contribution in [0, 0.1) is 6.92 Å². The van der Waals surface area contributed by atoms with Crippen molar-refractivity contribution in [3.63, 3.8) is 0 Å². The second kappa shape index (κ2) is 6.20. The number of hydrogen-bond acceptors (Lipinski definition) is 3. The van der Waals surface area contributed by atoms with E-state index in [4.69, 9.17) is 11.6 Å². The fraction of sp³-hybridized carbons (Fsp3) is 0.0625. The van der Waals surface area contributed by atoms with E-state index in [0.29, 0.717) is 11.3 Å². The smallest absolute Gasteiger partial charge is 0.253 e. The third-order valence-corrected chi connectivity index (χ3v) is 3.34. The molecule has 3 aromatic rings. The molecule has 0 saturated heterocycles. The first-order valence-electron chi connectivity index (χ1n) is 6.17. The average Bonchev–Trinajstić information content (AvgIpc) is 2.47. The number of carbonyl (C=O) groups excluding carboxylic acids is 1. The van der Waals surface area contributed by atoms with E-state index < -0.39 is 5.24 Å². The number of hydrogen-bond donors (Lipinski definition) is 0. The Kier molecular flexibility index (Phi) is 4.56. The number of halogens is 2. The van der Waals surface area contributed by atoms with Gasteiger partial charge in [0.15, 0.2) is 0 Å². The number of fused-ring (bicyclic) bond motifs is 1. The van der Waals surface area contributed by atoms with Crippen molar-refractivity contribution in [2.24, 2.45) is 0 Å². The van der Waals surface area contributed by atoms with Gasteiger partial charge in [-0.25, -0.2) is 4.98 Å². The topological polar surface area (TPSA) is 42.9 Å². The highest BCUT2D eigenvalue weighted by atomic mass is 35.5. The van der Waals surface area contributed by atoms with E-state index in [2.05, 4.69) is 9.97 Å². The number of pyridine rings is 2. The van der Waals surface area contributed by atoms with Crippen LogP contribution in [0.2, 0.25) is 0 Å². The molecule has 2 aromatic heterocycles. The van der Waals surface area contributed by atoms with Crippen molar-refractivity contribution >= 4 is 40.2 Å². The lowest BCUT2D eigenvalue weighted by Gasteiger charge is -2.07. The Labute approximate surface area is 133 Å². The van der Waals surface area contributed by atoms with Crippen LogP contribution in [0.1, 0.15) is 15.9 Å². The Morgan fingerprint density at radius 3 is 2.67 bits per heavy atom. The summed E-state index contributed by atoms with van der Waals surface area (Å²) >= 11 is 5.71. The van der Waals surface area contributed by atoms with Crippen LogP contribution in [-0.4, -0.2) is 15.2 Å². The minimum absolute atomic E-state index is 0. The van der Waals surface area contributed by atoms with Gasteiger partial charge in [0.1, 0.15) is 0 Å². The monoisotopic (exact) mass is 318 g/mol. The summed E-state index contributed by atoms with van der Waals surface area (Å²) in [4.78, 5) is 20.3. The summed E-state index contributed by atoms with van der Waals surface area (Å²) in [6.45, 7) is 1.97. The molecule has 0 fully saturated rings. The first kappa shape index (κ1) is 15.4. The fourth-order valence-electron chi connectivity index (χ4n) is 2.16. The van der Waals surface area contributed by atoms with Gasteiger partial charge in [-0.3, -0.25) is 9.78 Å². The van der Waals surface area contributed by atoms with Gasteiger partial charge in [0, 0.05) is 28.9 Å². The first-order chi connectivity index (χ1) is 9.65. The van der Waals surface area contributed by atoms with Crippen LogP contribution in [0.5, 0.6) is 0 Å². The van der Waals surface area contributed by atoms with Gasteiger partial charge >= 0.3 is 0 Å². The van der Waals surface area contributed by atoms with Crippen LogP contribution in [-0.2, 0) is 0 Å². The summed E-state index contributed by atoms with van der Waals surface area (Å²) in [7, 11) is 0. The minimum atomic E-state index is -0.479. The molecule has 3 rings (SSSR count). The molecule has 0 bridgehead atoms. The van der Waals surface area contributed by atoms with Crippen LogP contribution in [0.25, 0.3) is 22.2 Å². The van der Waals surface area contributed by atoms with Crippen LogP contribution in [0.15, 0.2) is 48.8 Å². The Morgan fingerprint density at radius 1 is 1.19 bits per heavy atom. The molecule has 0 atom stereocenters. The van der Waals surface area contributed by atoms with Gasteiger partial charge in [-0.05, 0) is 48.9 Å². The lowest BCUT2D eigenvalue weighted by molar-refractivity contribution is 0.108. The lowest BCUT2D eigenvalue weighted by atomic mass is 10.0. The summed E-state index contributed by atoms with van der Waals surface area (Å²) in [6.07, 6.45) is 3.41. The molecule has 106 valence electrons. The van der Waals surface area contributed by atoms with Gasteiger partial charge in [-0.2, -0.15) is 0 Å². The third-order valence-electron chi connectivity index (χ3n) is 3.13. The zero-order valence-electron chi connectivity index (χ0n) is 11.2. The Morgan fingerprint density at radius 2 is 2.00 bits per heavy atom. The summed E-state index contributed by atoms with van der Waals surface area (Å²) in [5.41, 5.74) is 3.83. The Hall–Kier alpha value is -1.97. The number of rotatable bonds is 2. The highest BCUT2D eigenvalue weighted by Crippen LogP contribution is 2.26. The van der Waals surface area contributed by atoms with Gasteiger partial charge in [0.25, 0.3) is 5.24 Å². The van der Waals surface area contributed by atoms with Crippen LogP contribution in [0.4, 0.5) is 0 Å². The number of aryl methyl sites for hydroxylation is 1. The second-order valence-electron chi connectivity index (χ2n) is 4.59. The molecule has 1 aromatic carbocycles. The molecule has 0 saturated carbocycles. The minimum Gasteiger partial charge on any atom is -0.276 e. The molecule has 5 heteroatoms. The summed E-state index contributed by atoms with van der Waals surface area (Å²) < 4.78 is 0. The molecule has 0 radical (unpaired) electrons. The van der Waals surface area contributed by atoms with Crippen molar-refractivity contribution < 1.29 is 4.79 Å². The van der Waals surface area contributed by atoms with Crippen molar-refractivity contribution in [3.8, 4) is 11.3 Å².